The van der Waals surface area contributed by atoms with Crippen molar-refractivity contribution >= 4 is 6.08 Å². The molecule has 1 aromatic heterocycles. The van der Waals surface area contributed by atoms with Gasteiger partial charge in [0.25, 0.3) is 0 Å². The highest BCUT2D eigenvalue weighted by Crippen LogP contribution is 2.06. The number of aromatic nitrogens is 2. The van der Waals surface area contributed by atoms with E-state index in [1.807, 2.05) is 6.20 Å². The minimum Gasteiger partial charge on any atom is -0.244 e. The molecule has 0 unspecified atom stereocenters. The Bertz CT molecular complexity index is 266. The number of hydrogen-bond donors (Lipinski definition) is 0. The van der Waals surface area contributed by atoms with Crippen molar-refractivity contribution < 1.29 is 0 Å². The summed E-state index contributed by atoms with van der Waals surface area (Å²) >= 11 is 0. The molecule has 2 heteroatoms. The first-order valence-electron chi connectivity index (χ1n) is 4.33. The van der Waals surface area contributed by atoms with Crippen molar-refractivity contribution in [3.05, 3.63) is 29.9 Å². The van der Waals surface area contributed by atoms with Gasteiger partial charge in [-0.1, -0.05) is 26.0 Å². The van der Waals surface area contributed by atoms with Gasteiger partial charge >= 0.3 is 0 Å². The van der Waals surface area contributed by atoms with Gasteiger partial charge in [0.1, 0.15) is 6.33 Å². The fourth-order valence-corrected chi connectivity index (χ4v) is 1.05. The van der Waals surface area contributed by atoms with Crippen LogP contribution in [-0.4, -0.2) is 9.97 Å². The van der Waals surface area contributed by atoms with Crippen molar-refractivity contribution in [2.45, 2.75) is 26.7 Å². The molecule has 0 N–H and O–H groups in total. The SMILES string of the molecule is CC/C=C/c1cncnc1CC. The zero-order valence-electron chi connectivity index (χ0n) is 7.62. The summed E-state index contributed by atoms with van der Waals surface area (Å²) < 4.78 is 0. The van der Waals surface area contributed by atoms with Crippen LogP contribution in [0.1, 0.15) is 31.5 Å². The van der Waals surface area contributed by atoms with Gasteiger partial charge in [0.2, 0.25) is 0 Å². The molecule has 0 aliphatic rings. The van der Waals surface area contributed by atoms with Crippen molar-refractivity contribution in [1.82, 2.24) is 9.97 Å². The molecular weight excluding hydrogens is 148 g/mol. The molecule has 1 rings (SSSR count). The standard InChI is InChI=1S/C10H14N2/c1-3-5-6-9-7-11-8-12-10(9)4-2/h5-8H,3-4H2,1-2H3/b6-5+. The molecule has 1 aromatic rings. The molecule has 12 heavy (non-hydrogen) atoms. The molecular formula is C10H14N2. The van der Waals surface area contributed by atoms with Gasteiger partial charge in [-0.05, 0) is 12.8 Å². The number of rotatable bonds is 3. The maximum atomic E-state index is 4.19. The van der Waals surface area contributed by atoms with Crippen LogP contribution in [0.3, 0.4) is 0 Å². The van der Waals surface area contributed by atoms with E-state index in [1.54, 1.807) is 6.33 Å². The van der Waals surface area contributed by atoms with E-state index in [-0.39, 0.29) is 0 Å². The van der Waals surface area contributed by atoms with E-state index in [4.69, 9.17) is 0 Å². The first-order chi connectivity index (χ1) is 5.88. The van der Waals surface area contributed by atoms with Gasteiger partial charge in [0, 0.05) is 11.8 Å². The average Bonchev–Trinajstić information content (AvgIpc) is 2.15. The highest BCUT2D eigenvalue weighted by Gasteiger charge is 1.95. The molecule has 0 aliphatic carbocycles. The molecule has 0 radical (unpaired) electrons. The summed E-state index contributed by atoms with van der Waals surface area (Å²) in [7, 11) is 0. The van der Waals surface area contributed by atoms with Crippen LogP contribution in [0.15, 0.2) is 18.6 Å². The topological polar surface area (TPSA) is 25.8 Å². The predicted molar refractivity (Wildman–Crippen MR) is 50.7 cm³/mol. The molecule has 0 saturated carbocycles. The van der Waals surface area contributed by atoms with Crippen LogP contribution in [-0.2, 0) is 6.42 Å². The van der Waals surface area contributed by atoms with Crippen molar-refractivity contribution in [1.29, 1.82) is 0 Å². The Morgan fingerprint density at radius 3 is 2.92 bits per heavy atom. The highest BCUT2D eigenvalue weighted by molar-refractivity contribution is 5.50. The maximum Gasteiger partial charge on any atom is 0.115 e. The van der Waals surface area contributed by atoms with Crippen LogP contribution in [0.25, 0.3) is 6.08 Å². The zero-order valence-corrected chi connectivity index (χ0v) is 7.62. The summed E-state index contributed by atoms with van der Waals surface area (Å²) in [5.74, 6) is 0. The van der Waals surface area contributed by atoms with Crippen molar-refractivity contribution in [2.24, 2.45) is 0 Å². The minimum absolute atomic E-state index is 0.964. The van der Waals surface area contributed by atoms with Crippen LogP contribution < -0.4 is 0 Å². The summed E-state index contributed by atoms with van der Waals surface area (Å²) in [6.45, 7) is 4.22. The van der Waals surface area contributed by atoms with Crippen LogP contribution in [0.5, 0.6) is 0 Å². The lowest BCUT2D eigenvalue weighted by Crippen LogP contribution is -1.91. The lowest BCUT2D eigenvalue weighted by Gasteiger charge is -1.98. The molecule has 64 valence electrons. The first-order valence-corrected chi connectivity index (χ1v) is 4.33. The summed E-state index contributed by atoms with van der Waals surface area (Å²) in [4.78, 5) is 8.17. The quantitative estimate of drug-likeness (QED) is 0.682. The monoisotopic (exact) mass is 162 g/mol. The van der Waals surface area contributed by atoms with E-state index >= 15 is 0 Å². The molecule has 0 aromatic carbocycles. The molecule has 2 nitrogen and oxygen atoms in total. The number of nitrogens with zero attached hydrogens (tertiary/aromatic N) is 2. The molecule has 0 aliphatic heterocycles. The zero-order chi connectivity index (χ0) is 8.81. The Kier molecular flexibility index (Phi) is 3.45. The second kappa shape index (κ2) is 4.65. The second-order valence-electron chi connectivity index (χ2n) is 2.59. The van der Waals surface area contributed by atoms with Crippen LogP contribution >= 0.6 is 0 Å². The molecule has 0 amide bonds. The van der Waals surface area contributed by atoms with E-state index in [1.165, 1.54) is 0 Å². The molecule has 0 bridgehead atoms. The van der Waals surface area contributed by atoms with E-state index < -0.39 is 0 Å². The van der Waals surface area contributed by atoms with Gasteiger partial charge in [-0.3, -0.25) is 0 Å². The Hall–Kier alpha value is -1.18. The highest BCUT2D eigenvalue weighted by atomic mass is 14.8. The summed E-state index contributed by atoms with van der Waals surface area (Å²) in [5, 5.41) is 0. The fourth-order valence-electron chi connectivity index (χ4n) is 1.05. The third-order valence-corrected chi connectivity index (χ3v) is 1.70. The van der Waals surface area contributed by atoms with Crippen molar-refractivity contribution in [2.75, 3.05) is 0 Å². The number of aryl methyl sites for hydroxylation is 1. The van der Waals surface area contributed by atoms with Gasteiger partial charge in [-0.2, -0.15) is 0 Å². The molecule has 0 spiro atoms. The van der Waals surface area contributed by atoms with Crippen molar-refractivity contribution in [3.8, 4) is 0 Å². The second-order valence-corrected chi connectivity index (χ2v) is 2.59. The molecule has 0 fully saturated rings. The third-order valence-electron chi connectivity index (χ3n) is 1.70. The van der Waals surface area contributed by atoms with Crippen LogP contribution in [0.2, 0.25) is 0 Å². The Labute approximate surface area is 73.4 Å². The lowest BCUT2D eigenvalue weighted by molar-refractivity contribution is 0.990. The Morgan fingerprint density at radius 1 is 1.42 bits per heavy atom. The molecule has 0 atom stereocenters. The van der Waals surface area contributed by atoms with Gasteiger partial charge in [0.05, 0.1) is 5.69 Å². The Balaban J connectivity index is 2.89. The van der Waals surface area contributed by atoms with E-state index in [2.05, 4.69) is 36.0 Å². The Morgan fingerprint density at radius 2 is 2.25 bits per heavy atom. The summed E-state index contributed by atoms with van der Waals surface area (Å²) in [6, 6.07) is 0. The maximum absolute atomic E-state index is 4.19. The van der Waals surface area contributed by atoms with Gasteiger partial charge in [-0.15, -0.1) is 0 Å². The lowest BCUT2D eigenvalue weighted by atomic mass is 10.2. The fraction of sp³-hybridized carbons (Fsp3) is 0.400. The van der Waals surface area contributed by atoms with Gasteiger partial charge in [0.15, 0.2) is 0 Å². The normalized spacial score (nSPS) is 10.8. The smallest absolute Gasteiger partial charge is 0.115 e. The van der Waals surface area contributed by atoms with E-state index in [0.717, 1.165) is 24.1 Å². The molecule has 0 saturated heterocycles. The molecule has 1 heterocycles. The number of hydrogen-bond acceptors (Lipinski definition) is 2. The average molecular weight is 162 g/mol. The first kappa shape index (κ1) is 8.91. The summed E-state index contributed by atoms with van der Waals surface area (Å²) in [5.41, 5.74) is 2.26. The van der Waals surface area contributed by atoms with Gasteiger partial charge < -0.3 is 0 Å². The largest absolute Gasteiger partial charge is 0.244 e. The van der Waals surface area contributed by atoms with E-state index in [0.29, 0.717) is 0 Å². The predicted octanol–water partition coefficient (Wildman–Crippen LogP) is 2.46. The third kappa shape index (κ3) is 2.16. The van der Waals surface area contributed by atoms with Crippen LogP contribution in [0.4, 0.5) is 0 Å². The van der Waals surface area contributed by atoms with Crippen LogP contribution in [0, 0.1) is 0 Å². The summed E-state index contributed by atoms with van der Waals surface area (Å²) in [6.07, 6.45) is 9.68. The minimum atomic E-state index is 0.964. The van der Waals surface area contributed by atoms with E-state index in [9.17, 15) is 0 Å². The van der Waals surface area contributed by atoms with Gasteiger partial charge in [-0.25, -0.2) is 9.97 Å². The number of allylic oxidation sites excluding steroid dienone is 1. The van der Waals surface area contributed by atoms with Crippen molar-refractivity contribution in [3.63, 3.8) is 0 Å².